The number of hydrogen-bond acceptors (Lipinski definition) is 7. The molecule has 0 saturated carbocycles. The van der Waals surface area contributed by atoms with E-state index in [2.05, 4.69) is 30.5 Å². The van der Waals surface area contributed by atoms with Crippen molar-refractivity contribution in [3.8, 4) is 0 Å². The number of anilines is 1. The molecule has 2 N–H and O–H groups in total. The van der Waals surface area contributed by atoms with Crippen LogP contribution in [0.5, 0.6) is 0 Å². The fraction of sp³-hybridized carbons (Fsp3) is 0.727. The van der Waals surface area contributed by atoms with E-state index in [-0.39, 0.29) is 6.04 Å². The molecule has 0 radical (unpaired) electrons. The summed E-state index contributed by atoms with van der Waals surface area (Å²) in [5.74, 6) is 1.58. The third kappa shape index (κ3) is 2.58. The summed E-state index contributed by atoms with van der Waals surface area (Å²) in [7, 11) is 0. The Morgan fingerprint density at radius 2 is 2.11 bits per heavy atom. The van der Waals surface area contributed by atoms with E-state index in [1.807, 2.05) is 0 Å². The Kier molecular flexibility index (Phi) is 3.63. The fourth-order valence-corrected chi connectivity index (χ4v) is 2.22. The molecule has 7 heteroatoms. The van der Waals surface area contributed by atoms with Crippen LogP contribution in [-0.2, 0) is 4.74 Å². The number of piperazine rings is 1. The van der Waals surface area contributed by atoms with Gasteiger partial charge in [0.2, 0.25) is 5.95 Å². The molecule has 0 spiro atoms. The minimum atomic E-state index is 0.182. The lowest BCUT2D eigenvalue weighted by atomic mass is 10.2. The van der Waals surface area contributed by atoms with E-state index < -0.39 is 0 Å². The Morgan fingerprint density at radius 1 is 1.22 bits per heavy atom. The number of morpholine rings is 1. The number of ether oxygens (including phenoxy) is 1. The van der Waals surface area contributed by atoms with Crippen molar-refractivity contribution in [3.05, 3.63) is 12.2 Å². The van der Waals surface area contributed by atoms with Crippen LogP contribution in [0.1, 0.15) is 11.9 Å². The fourth-order valence-electron chi connectivity index (χ4n) is 2.22. The maximum atomic E-state index is 5.33. The molecule has 7 nitrogen and oxygen atoms in total. The lowest BCUT2D eigenvalue weighted by Crippen LogP contribution is -2.43. The van der Waals surface area contributed by atoms with Gasteiger partial charge in [-0.2, -0.15) is 4.98 Å². The van der Waals surface area contributed by atoms with Crippen molar-refractivity contribution in [2.45, 2.75) is 6.04 Å². The second-order valence-corrected chi connectivity index (χ2v) is 4.45. The molecule has 98 valence electrons. The largest absolute Gasteiger partial charge is 0.378 e. The number of nitrogens with one attached hydrogen (secondary N) is 2. The smallest absolute Gasteiger partial charge is 0.228 e. The summed E-state index contributed by atoms with van der Waals surface area (Å²) in [6.07, 6.45) is 1.60. The molecule has 3 rings (SSSR count). The highest BCUT2D eigenvalue weighted by Gasteiger charge is 2.20. The lowest BCUT2D eigenvalue weighted by molar-refractivity contribution is 0.122. The predicted molar refractivity (Wildman–Crippen MR) is 66.5 cm³/mol. The summed E-state index contributed by atoms with van der Waals surface area (Å²) >= 11 is 0. The van der Waals surface area contributed by atoms with Gasteiger partial charge < -0.3 is 20.3 Å². The third-order valence-electron chi connectivity index (χ3n) is 3.22. The van der Waals surface area contributed by atoms with Crippen LogP contribution < -0.4 is 15.5 Å². The minimum Gasteiger partial charge on any atom is -0.378 e. The van der Waals surface area contributed by atoms with Crippen LogP contribution in [-0.4, -0.2) is 60.9 Å². The standard InChI is InChI=1S/C11H18N6O/c1-2-13-9(7-12-1)10-14-8-15-11(16-10)17-3-5-18-6-4-17/h8-9,12-13H,1-7H2. The highest BCUT2D eigenvalue weighted by atomic mass is 16.5. The van der Waals surface area contributed by atoms with Gasteiger partial charge in [-0.1, -0.05) is 0 Å². The average Bonchev–Trinajstić information content (AvgIpc) is 2.49. The molecule has 2 fully saturated rings. The molecule has 0 aromatic carbocycles. The second-order valence-electron chi connectivity index (χ2n) is 4.45. The molecular weight excluding hydrogens is 232 g/mol. The number of rotatable bonds is 2. The van der Waals surface area contributed by atoms with Crippen molar-refractivity contribution in [1.29, 1.82) is 0 Å². The first-order valence-corrected chi connectivity index (χ1v) is 6.39. The van der Waals surface area contributed by atoms with Crippen LogP contribution in [0.4, 0.5) is 5.95 Å². The monoisotopic (exact) mass is 250 g/mol. The van der Waals surface area contributed by atoms with E-state index in [1.165, 1.54) is 0 Å². The summed E-state index contributed by atoms with van der Waals surface area (Å²) < 4.78 is 5.33. The first-order valence-electron chi connectivity index (χ1n) is 6.39. The van der Waals surface area contributed by atoms with Gasteiger partial charge in [-0.3, -0.25) is 0 Å². The van der Waals surface area contributed by atoms with E-state index in [9.17, 15) is 0 Å². The molecule has 0 amide bonds. The van der Waals surface area contributed by atoms with Gasteiger partial charge in [-0.25, -0.2) is 9.97 Å². The number of hydrogen-bond donors (Lipinski definition) is 2. The maximum Gasteiger partial charge on any atom is 0.228 e. The van der Waals surface area contributed by atoms with Gasteiger partial charge in [0, 0.05) is 32.7 Å². The Bertz CT molecular complexity index is 356. The highest BCUT2D eigenvalue weighted by molar-refractivity contribution is 5.29. The zero-order chi connectivity index (χ0) is 12.2. The Balaban J connectivity index is 1.75. The Hall–Kier alpha value is -1.31. The maximum absolute atomic E-state index is 5.33. The predicted octanol–water partition coefficient (Wildman–Crippen LogP) is -1.06. The minimum absolute atomic E-state index is 0.182. The SMILES string of the molecule is c1nc(C2CNCCN2)nc(N2CCOCC2)n1. The van der Waals surface area contributed by atoms with Crippen LogP contribution in [0.15, 0.2) is 6.33 Å². The van der Waals surface area contributed by atoms with Gasteiger partial charge in [0.05, 0.1) is 19.3 Å². The zero-order valence-corrected chi connectivity index (χ0v) is 10.3. The van der Waals surface area contributed by atoms with E-state index >= 15 is 0 Å². The van der Waals surface area contributed by atoms with E-state index in [4.69, 9.17) is 4.74 Å². The van der Waals surface area contributed by atoms with E-state index in [0.717, 1.165) is 57.7 Å². The van der Waals surface area contributed by atoms with Crippen molar-refractivity contribution in [2.75, 3.05) is 50.8 Å². The molecular formula is C11H18N6O. The molecule has 1 aromatic rings. The van der Waals surface area contributed by atoms with Crippen LogP contribution in [0.3, 0.4) is 0 Å². The first kappa shape index (κ1) is 11.8. The molecule has 2 aliphatic heterocycles. The normalized spacial score (nSPS) is 25.1. The number of nitrogens with zero attached hydrogens (tertiary/aromatic N) is 4. The number of aromatic nitrogens is 3. The molecule has 2 aliphatic rings. The van der Waals surface area contributed by atoms with E-state index in [0.29, 0.717) is 0 Å². The molecule has 0 aliphatic carbocycles. The third-order valence-corrected chi connectivity index (χ3v) is 3.22. The first-order chi connectivity index (χ1) is 8.93. The van der Waals surface area contributed by atoms with Gasteiger partial charge >= 0.3 is 0 Å². The van der Waals surface area contributed by atoms with Gasteiger partial charge in [-0.05, 0) is 0 Å². The molecule has 1 unspecified atom stereocenters. The van der Waals surface area contributed by atoms with Crippen LogP contribution in [0, 0.1) is 0 Å². The van der Waals surface area contributed by atoms with E-state index in [1.54, 1.807) is 6.33 Å². The molecule has 18 heavy (non-hydrogen) atoms. The second kappa shape index (κ2) is 5.55. The van der Waals surface area contributed by atoms with Gasteiger partial charge in [0.15, 0.2) is 5.82 Å². The quantitative estimate of drug-likeness (QED) is 0.693. The lowest BCUT2D eigenvalue weighted by Gasteiger charge is -2.28. The van der Waals surface area contributed by atoms with Crippen LogP contribution in [0.2, 0.25) is 0 Å². The van der Waals surface area contributed by atoms with Crippen molar-refractivity contribution in [1.82, 2.24) is 25.6 Å². The van der Waals surface area contributed by atoms with Crippen molar-refractivity contribution < 1.29 is 4.74 Å². The Morgan fingerprint density at radius 3 is 2.89 bits per heavy atom. The molecule has 1 atom stereocenters. The summed E-state index contributed by atoms with van der Waals surface area (Å²) in [6, 6.07) is 0.182. The van der Waals surface area contributed by atoms with Crippen molar-refractivity contribution >= 4 is 5.95 Å². The zero-order valence-electron chi connectivity index (χ0n) is 10.3. The van der Waals surface area contributed by atoms with Crippen LogP contribution in [0.25, 0.3) is 0 Å². The summed E-state index contributed by atoms with van der Waals surface area (Å²) in [4.78, 5) is 15.2. The highest BCUT2D eigenvalue weighted by Crippen LogP contribution is 2.13. The van der Waals surface area contributed by atoms with Gasteiger partial charge in [0.1, 0.15) is 6.33 Å². The molecule has 2 saturated heterocycles. The summed E-state index contributed by atoms with van der Waals surface area (Å²) in [5.41, 5.74) is 0. The molecule has 3 heterocycles. The van der Waals surface area contributed by atoms with Crippen molar-refractivity contribution in [2.24, 2.45) is 0 Å². The van der Waals surface area contributed by atoms with Crippen LogP contribution >= 0.6 is 0 Å². The average molecular weight is 250 g/mol. The van der Waals surface area contributed by atoms with Gasteiger partial charge in [-0.15, -0.1) is 0 Å². The summed E-state index contributed by atoms with van der Waals surface area (Å²) in [5, 5.41) is 6.74. The summed E-state index contributed by atoms with van der Waals surface area (Å²) in [6.45, 7) is 5.99. The molecule has 1 aromatic heterocycles. The topological polar surface area (TPSA) is 75.2 Å². The molecule has 0 bridgehead atoms. The van der Waals surface area contributed by atoms with Gasteiger partial charge in [0.25, 0.3) is 0 Å². The van der Waals surface area contributed by atoms with Crippen molar-refractivity contribution in [3.63, 3.8) is 0 Å². The Labute approximate surface area is 106 Å².